The molecule has 202 valence electrons. The summed E-state index contributed by atoms with van der Waals surface area (Å²) in [4.78, 5) is 30.2. The fraction of sp³-hybridized carbons (Fsp3) is 0.138. The molecule has 2 aromatic carbocycles. The average Bonchev–Trinajstić information content (AvgIpc) is 3.44. The number of nitrogens with one attached hydrogen (secondary N) is 2. The summed E-state index contributed by atoms with van der Waals surface area (Å²) >= 11 is 0. The number of benzene rings is 2. The molecule has 0 bridgehead atoms. The van der Waals surface area contributed by atoms with E-state index in [2.05, 4.69) is 30.6 Å². The van der Waals surface area contributed by atoms with E-state index in [0.717, 1.165) is 29.0 Å². The number of halogens is 3. The highest BCUT2D eigenvalue weighted by molar-refractivity contribution is 6.05. The first-order chi connectivity index (χ1) is 19.2. The molecule has 8 nitrogen and oxygen atoms in total. The maximum absolute atomic E-state index is 13.7. The molecule has 0 fully saturated rings. The van der Waals surface area contributed by atoms with E-state index in [0.29, 0.717) is 23.8 Å². The fourth-order valence-electron chi connectivity index (χ4n) is 4.00. The Morgan fingerprint density at radius 1 is 1.02 bits per heavy atom. The lowest BCUT2D eigenvalue weighted by atomic mass is 10.1. The Morgan fingerprint density at radius 3 is 2.60 bits per heavy atom. The van der Waals surface area contributed by atoms with Gasteiger partial charge in [0, 0.05) is 53.0 Å². The number of pyridine rings is 1. The predicted molar refractivity (Wildman–Crippen MR) is 146 cm³/mol. The van der Waals surface area contributed by atoms with E-state index in [9.17, 15) is 18.0 Å². The minimum absolute atomic E-state index is 0.00385. The number of carbonyl (C=O) groups is 1. The lowest BCUT2D eigenvalue weighted by Gasteiger charge is -2.14. The van der Waals surface area contributed by atoms with E-state index in [1.54, 1.807) is 49.1 Å². The van der Waals surface area contributed by atoms with Gasteiger partial charge in [-0.25, -0.2) is 15.0 Å². The molecular weight excluding hydrogens is 519 g/mol. The second-order valence-corrected chi connectivity index (χ2v) is 9.01. The lowest BCUT2D eigenvalue weighted by molar-refractivity contribution is -0.137. The summed E-state index contributed by atoms with van der Waals surface area (Å²) in [5.74, 6) is -0.255. The van der Waals surface area contributed by atoms with Gasteiger partial charge < -0.3 is 15.2 Å². The molecule has 11 heteroatoms. The number of aryl methyl sites for hydroxylation is 2. The normalized spacial score (nSPS) is 11.3. The summed E-state index contributed by atoms with van der Waals surface area (Å²) in [5, 5.41) is 5.73. The van der Waals surface area contributed by atoms with Crippen molar-refractivity contribution in [2.24, 2.45) is 0 Å². The Morgan fingerprint density at radius 2 is 1.88 bits per heavy atom. The van der Waals surface area contributed by atoms with Gasteiger partial charge in [-0.05, 0) is 67.4 Å². The minimum Gasteiger partial charge on any atom is -0.324 e. The third-order valence-corrected chi connectivity index (χ3v) is 6.16. The van der Waals surface area contributed by atoms with Gasteiger partial charge in [0.05, 0.1) is 23.3 Å². The molecule has 0 aliphatic rings. The van der Waals surface area contributed by atoms with Crippen molar-refractivity contribution in [1.82, 2.24) is 24.5 Å². The van der Waals surface area contributed by atoms with Crippen LogP contribution in [0.3, 0.4) is 0 Å². The molecule has 1 amide bonds. The number of aromatic nitrogens is 5. The first-order valence-corrected chi connectivity index (χ1v) is 12.4. The van der Waals surface area contributed by atoms with Crippen LogP contribution in [0, 0.1) is 6.92 Å². The van der Waals surface area contributed by atoms with Crippen molar-refractivity contribution in [3.63, 3.8) is 0 Å². The van der Waals surface area contributed by atoms with Gasteiger partial charge >= 0.3 is 6.18 Å². The number of hydrogen-bond acceptors (Lipinski definition) is 6. The van der Waals surface area contributed by atoms with Crippen molar-refractivity contribution in [3.05, 3.63) is 108 Å². The van der Waals surface area contributed by atoms with Crippen molar-refractivity contribution in [2.75, 3.05) is 10.6 Å². The molecule has 5 aromatic rings. The van der Waals surface area contributed by atoms with E-state index < -0.39 is 17.6 Å². The molecule has 0 spiro atoms. The van der Waals surface area contributed by atoms with Crippen LogP contribution >= 0.6 is 0 Å². The summed E-state index contributed by atoms with van der Waals surface area (Å²) in [5.41, 5.74) is 3.21. The van der Waals surface area contributed by atoms with Crippen LogP contribution in [0.4, 0.5) is 30.5 Å². The number of amides is 1. The van der Waals surface area contributed by atoms with Gasteiger partial charge in [-0.2, -0.15) is 13.2 Å². The number of carbonyl (C=O) groups excluding carboxylic acids is 1. The van der Waals surface area contributed by atoms with E-state index in [1.165, 1.54) is 17.0 Å². The van der Waals surface area contributed by atoms with Crippen LogP contribution in [-0.4, -0.2) is 30.4 Å². The van der Waals surface area contributed by atoms with Crippen molar-refractivity contribution in [3.8, 4) is 16.9 Å². The Bertz CT molecular complexity index is 1670. The van der Waals surface area contributed by atoms with Crippen molar-refractivity contribution < 1.29 is 18.0 Å². The second-order valence-electron chi connectivity index (χ2n) is 9.01. The quantitative estimate of drug-likeness (QED) is 0.240. The first kappa shape index (κ1) is 26.5. The van der Waals surface area contributed by atoms with Gasteiger partial charge in [0.15, 0.2) is 0 Å². The summed E-state index contributed by atoms with van der Waals surface area (Å²) in [7, 11) is 0. The minimum atomic E-state index is -4.60. The number of rotatable bonds is 7. The largest absolute Gasteiger partial charge is 0.416 e. The predicted octanol–water partition coefficient (Wildman–Crippen LogP) is 6.61. The number of hydrogen-bond donors (Lipinski definition) is 2. The molecule has 5 rings (SSSR count). The Labute approximate surface area is 228 Å². The Balaban J connectivity index is 1.40. The Kier molecular flexibility index (Phi) is 7.28. The molecule has 0 radical (unpaired) electrons. The summed E-state index contributed by atoms with van der Waals surface area (Å²) in [6.07, 6.45) is 4.11. The maximum Gasteiger partial charge on any atom is 0.416 e. The summed E-state index contributed by atoms with van der Waals surface area (Å²) < 4.78 is 42.5. The van der Waals surface area contributed by atoms with Crippen LogP contribution in [-0.2, 0) is 12.6 Å². The molecule has 40 heavy (non-hydrogen) atoms. The van der Waals surface area contributed by atoms with Crippen molar-refractivity contribution in [2.45, 2.75) is 26.4 Å². The molecule has 0 atom stereocenters. The van der Waals surface area contributed by atoms with Crippen LogP contribution in [0.1, 0.15) is 34.1 Å². The smallest absolute Gasteiger partial charge is 0.324 e. The molecule has 3 heterocycles. The van der Waals surface area contributed by atoms with E-state index >= 15 is 0 Å². The second kappa shape index (κ2) is 11.0. The fourth-order valence-corrected chi connectivity index (χ4v) is 4.00. The average molecular weight is 544 g/mol. The Hall–Kier alpha value is -5.06. The number of nitrogens with zero attached hydrogens (tertiary/aromatic N) is 5. The SMILES string of the molecule is CCc1cn(-c2cc(NC(=O)c3ccc(C)c(Nc4nccc(-c5cccnc5)n4)c3)cc(C(F)(F)F)c2)cn1. The van der Waals surface area contributed by atoms with Gasteiger partial charge in [-0.3, -0.25) is 9.78 Å². The van der Waals surface area contributed by atoms with E-state index in [1.807, 2.05) is 26.0 Å². The molecular formula is C29H24F3N7O. The molecule has 0 aliphatic heterocycles. The molecule has 3 aromatic heterocycles. The van der Waals surface area contributed by atoms with Gasteiger partial charge in [0.2, 0.25) is 5.95 Å². The van der Waals surface area contributed by atoms with Gasteiger partial charge in [0.25, 0.3) is 5.91 Å². The highest BCUT2D eigenvalue weighted by Crippen LogP contribution is 2.33. The van der Waals surface area contributed by atoms with Gasteiger partial charge in [0.1, 0.15) is 0 Å². The van der Waals surface area contributed by atoms with Crippen LogP contribution in [0.2, 0.25) is 0 Å². The summed E-state index contributed by atoms with van der Waals surface area (Å²) in [6.45, 7) is 3.75. The standard InChI is InChI=1S/C29H24F3N7O/c1-3-22-16-39(17-35-22)24-13-21(29(30,31)32)12-23(14-24)36-27(40)19-7-6-18(2)26(11-19)38-28-34-10-8-25(37-28)20-5-4-9-33-15-20/h4-17H,3H2,1-2H3,(H,36,40)(H,34,37,38). The lowest BCUT2D eigenvalue weighted by Crippen LogP contribution is -2.14. The van der Waals surface area contributed by atoms with Crippen LogP contribution in [0.15, 0.2) is 85.7 Å². The zero-order valence-corrected chi connectivity index (χ0v) is 21.6. The molecule has 2 N–H and O–H groups in total. The molecule has 0 saturated heterocycles. The van der Waals surface area contributed by atoms with Crippen molar-refractivity contribution in [1.29, 1.82) is 0 Å². The number of alkyl halides is 3. The molecule has 0 saturated carbocycles. The summed E-state index contributed by atoms with van der Waals surface area (Å²) in [6, 6.07) is 13.8. The zero-order chi connectivity index (χ0) is 28.3. The van der Waals surface area contributed by atoms with Gasteiger partial charge in [-0.1, -0.05) is 13.0 Å². The first-order valence-electron chi connectivity index (χ1n) is 12.4. The molecule has 0 aliphatic carbocycles. The maximum atomic E-state index is 13.7. The zero-order valence-electron chi connectivity index (χ0n) is 21.6. The highest BCUT2D eigenvalue weighted by Gasteiger charge is 2.31. The monoisotopic (exact) mass is 543 g/mol. The third-order valence-electron chi connectivity index (χ3n) is 6.16. The van der Waals surface area contributed by atoms with Crippen LogP contribution in [0.5, 0.6) is 0 Å². The topological polar surface area (TPSA) is 97.6 Å². The number of anilines is 3. The van der Waals surface area contributed by atoms with Crippen LogP contribution < -0.4 is 10.6 Å². The van der Waals surface area contributed by atoms with E-state index in [-0.39, 0.29) is 16.9 Å². The van der Waals surface area contributed by atoms with Crippen LogP contribution in [0.25, 0.3) is 16.9 Å². The highest BCUT2D eigenvalue weighted by atomic mass is 19.4. The number of imidazole rings is 1. The van der Waals surface area contributed by atoms with E-state index in [4.69, 9.17) is 0 Å². The molecule has 0 unspecified atom stereocenters. The van der Waals surface area contributed by atoms with Crippen molar-refractivity contribution >= 4 is 23.2 Å². The van der Waals surface area contributed by atoms with Gasteiger partial charge in [-0.15, -0.1) is 0 Å². The third kappa shape index (κ3) is 5.98.